The molecule has 0 aromatic heterocycles. The summed E-state index contributed by atoms with van der Waals surface area (Å²) in [6.07, 6.45) is 6.52. The molecular formula is C23H23N. The summed E-state index contributed by atoms with van der Waals surface area (Å²) in [4.78, 5) is 0. The molecule has 0 aliphatic heterocycles. The quantitative estimate of drug-likeness (QED) is 0.643. The highest BCUT2D eigenvalue weighted by Crippen LogP contribution is 2.30. The van der Waals surface area contributed by atoms with E-state index in [0.717, 1.165) is 22.6 Å². The van der Waals surface area contributed by atoms with E-state index in [4.69, 9.17) is 5.26 Å². The molecule has 0 radical (unpaired) electrons. The first-order valence-electron chi connectivity index (χ1n) is 8.90. The van der Waals surface area contributed by atoms with E-state index >= 15 is 0 Å². The van der Waals surface area contributed by atoms with Gasteiger partial charge in [-0.3, -0.25) is 0 Å². The third-order valence-electron chi connectivity index (χ3n) is 5.08. The Balaban J connectivity index is 1.65. The Morgan fingerprint density at radius 3 is 1.88 bits per heavy atom. The fraction of sp³-hybridized carbons (Fsp3) is 0.348. The van der Waals surface area contributed by atoms with Crippen molar-refractivity contribution in [3.63, 3.8) is 0 Å². The van der Waals surface area contributed by atoms with E-state index in [-0.39, 0.29) is 0 Å². The second-order valence-electron chi connectivity index (χ2n) is 6.66. The third-order valence-corrected chi connectivity index (χ3v) is 5.08. The number of benzene rings is 2. The summed E-state index contributed by atoms with van der Waals surface area (Å²) >= 11 is 0. The van der Waals surface area contributed by atoms with Gasteiger partial charge in [0.1, 0.15) is 0 Å². The lowest BCUT2D eigenvalue weighted by molar-refractivity contribution is 0.309. The summed E-state index contributed by atoms with van der Waals surface area (Å²) in [6.45, 7) is 2.30. The summed E-state index contributed by atoms with van der Waals surface area (Å²) in [5, 5.41) is 8.87. The van der Waals surface area contributed by atoms with Gasteiger partial charge in [-0.1, -0.05) is 49.5 Å². The molecular weight excluding hydrogens is 290 g/mol. The van der Waals surface area contributed by atoms with Crippen molar-refractivity contribution in [2.24, 2.45) is 11.8 Å². The Hall–Kier alpha value is -2.51. The summed E-state index contributed by atoms with van der Waals surface area (Å²) in [5.41, 5.74) is 4.07. The second kappa shape index (κ2) is 7.85. The Morgan fingerprint density at radius 1 is 0.833 bits per heavy atom. The highest BCUT2D eigenvalue weighted by molar-refractivity contribution is 5.65. The Bertz CT molecular complexity index is 758. The van der Waals surface area contributed by atoms with E-state index in [1.165, 1.54) is 32.1 Å². The standard InChI is InChI=1S/C23H23N/c1-2-18-3-5-19(6-4-18)7-8-20-9-13-22(14-10-20)23-15-11-21(17-24)12-16-23/h9-16,18-19H,2-6H2,1H3. The molecule has 0 amide bonds. The van der Waals surface area contributed by atoms with Crippen LogP contribution in [0.25, 0.3) is 11.1 Å². The van der Waals surface area contributed by atoms with Gasteiger partial charge in [-0.05, 0) is 67.0 Å². The van der Waals surface area contributed by atoms with Gasteiger partial charge >= 0.3 is 0 Å². The molecule has 1 heteroatoms. The predicted octanol–water partition coefficient (Wildman–Crippen LogP) is 5.79. The molecule has 1 fully saturated rings. The summed E-state index contributed by atoms with van der Waals surface area (Å²) in [7, 11) is 0. The Labute approximate surface area is 145 Å². The molecule has 24 heavy (non-hydrogen) atoms. The van der Waals surface area contributed by atoms with Crippen LogP contribution in [-0.4, -0.2) is 0 Å². The van der Waals surface area contributed by atoms with Gasteiger partial charge in [0.15, 0.2) is 0 Å². The zero-order valence-electron chi connectivity index (χ0n) is 14.3. The van der Waals surface area contributed by atoms with Crippen molar-refractivity contribution in [1.29, 1.82) is 5.26 Å². The van der Waals surface area contributed by atoms with Crippen molar-refractivity contribution in [2.75, 3.05) is 0 Å². The molecule has 0 N–H and O–H groups in total. The van der Waals surface area contributed by atoms with Gasteiger partial charge in [0, 0.05) is 11.5 Å². The lowest BCUT2D eigenvalue weighted by Gasteiger charge is -2.24. The van der Waals surface area contributed by atoms with Crippen LogP contribution in [0.5, 0.6) is 0 Å². The normalized spacial score (nSPS) is 19.8. The van der Waals surface area contributed by atoms with Crippen LogP contribution < -0.4 is 0 Å². The minimum atomic E-state index is 0.575. The van der Waals surface area contributed by atoms with Gasteiger partial charge in [-0.25, -0.2) is 0 Å². The fourth-order valence-corrected chi connectivity index (χ4v) is 3.38. The van der Waals surface area contributed by atoms with Crippen LogP contribution in [0.15, 0.2) is 48.5 Å². The van der Waals surface area contributed by atoms with Crippen LogP contribution in [0.2, 0.25) is 0 Å². The first kappa shape index (κ1) is 16.4. The molecule has 0 atom stereocenters. The van der Waals surface area contributed by atoms with E-state index < -0.39 is 0 Å². The number of nitriles is 1. The van der Waals surface area contributed by atoms with E-state index in [9.17, 15) is 0 Å². The maximum atomic E-state index is 8.87. The van der Waals surface area contributed by atoms with E-state index in [1.54, 1.807) is 0 Å². The monoisotopic (exact) mass is 313 g/mol. The highest BCUT2D eigenvalue weighted by Gasteiger charge is 2.17. The maximum absolute atomic E-state index is 8.87. The largest absolute Gasteiger partial charge is 0.192 e. The first-order chi connectivity index (χ1) is 11.8. The minimum Gasteiger partial charge on any atom is -0.192 e. The summed E-state index contributed by atoms with van der Waals surface area (Å²) in [5.74, 6) is 8.32. The van der Waals surface area contributed by atoms with Crippen molar-refractivity contribution in [3.8, 4) is 29.0 Å². The van der Waals surface area contributed by atoms with E-state index in [0.29, 0.717) is 11.5 Å². The number of nitrogens with zero attached hydrogens (tertiary/aromatic N) is 1. The highest BCUT2D eigenvalue weighted by atomic mass is 14.2. The van der Waals surface area contributed by atoms with Crippen molar-refractivity contribution in [1.82, 2.24) is 0 Å². The molecule has 2 aromatic rings. The maximum Gasteiger partial charge on any atom is 0.0991 e. The predicted molar refractivity (Wildman–Crippen MR) is 99.2 cm³/mol. The van der Waals surface area contributed by atoms with Crippen LogP contribution in [0.4, 0.5) is 0 Å². The average Bonchev–Trinajstić information content (AvgIpc) is 2.67. The molecule has 120 valence electrons. The molecule has 3 rings (SSSR count). The zero-order valence-corrected chi connectivity index (χ0v) is 14.3. The lowest BCUT2D eigenvalue weighted by atomic mass is 9.81. The zero-order chi connectivity index (χ0) is 16.8. The molecule has 1 aliphatic carbocycles. The number of hydrogen-bond acceptors (Lipinski definition) is 1. The molecule has 1 saturated carbocycles. The van der Waals surface area contributed by atoms with E-state index in [1.807, 2.05) is 24.3 Å². The molecule has 0 unspecified atom stereocenters. The van der Waals surface area contributed by atoms with Gasteiger partial charge in [-0.2, -0.15) is 5.26 Å². The van der Waals surface area contributed by atoms with Crippen LogP contribution >= 0.6 is 0 Å². The van der Waals surface area contributed by atoms with Crippen LogP contribution in [-0.2, 0) is 0 Å². The van der Waals surface area contributed by atoms with Gasteiger partial charge in [0.2, 0.25) is 0 Å². The fourth-order valence-electron chi connectivity index (χ4n) is 3.38. The molecule has 0 spiro atoms. The summed E-state index contributed by atoms with van der Waals surface area (Å²) in [6, 6.07) is 18.3. The minimum absolute atomic E-state index is 0.575. The van der Waals surface area contributed by atoms with Gasteiger partial charge in [0.05, 0.1) is 11.6 Å². The van der Waals surface area contributed by atoms with Gasteiger partial charge < -0.3 is 0 Å². The Morgan fingerprint density at radius 2 is 1.38 bits per heavy atom. The topological polar surface area (TPSA) is 23.8 Å². The van der Waals surface area contributed by atoms with Crippen LogP contribution in [0, 0.1) is 35.0 Å². The van der Waals surface area contributed by atoms with Crippen molar-refractivity contribution < 1.29 is 0 Å². The van der Waals surface area contributed by atoms with Crippen LogP contribution in [0.3, 0.4) is 0 Å². The van der Waals surface area contributed by atoms with Gasteiger partial charge in [0.25, 0.3) is 0 Å². The number of rotatable bonds is 2. The molecule has 1 nitrogen and oxygen atoms in total. The van der Waals surface area contributed by atoms with Crippen molar-refractivity contribution >= 4 is 0 Å². The third kappa shape index (κ3) is 4.06. The average molecular weight is 313 g/mol. The smallest absolute Gasteiger partial charge is 0.0991 e. The molecule has 0 heterocycles. The van der Waals surface area contributed by atoms with Crippen molar-refractivity contribution in [3.05, 3.63) is 59.7 Å². The Kier molecular flexibility index (Phi) is 5.35. The van der Waals surface area contributed by atoms with Gasteiger partial charge in [-0.15, -0.1) is 0 Å². The number of hydrogen-bond donors (Lipinski definition) is 0. The molecule has 2 aromatic carbocycles. The summed E-state index contributed by atoms with van der Waals surface area (Å²) < 4.78 is 0. The lowest BCUT2D eigenvalue weighted by Crippen LogP contribution is -2.12. The second-order valence-corrected chi connectivity index (χ2v) is 6.66. The molecule has 0 bridgehead atoms. The van der Waals surface area contributed by atoms with Crippen LogP contribution in [0.1, 0.15) is 50.2 Å². The van der Waals surface area contributed by atoms with E-state index in [2.05, 4.69) is 49.1 Å². The SMILES string of the molecule is CCC1CCC(C#Cc2ccc(-c3ccc(C#N)cc3)cc2)CC1. The molecule has 1 aliphatic rings. The van der Waals surface area contributed by atoms with Crippen molar-refractivity contribution in [2.45, 2.75) is 39.0 Å². The first-order valence-corrected chi connectivity index (χ1v) is 8.90. The molecule has 0 saturated heterocycles.